The Labute approximate surface area is 123 Å². The first-order chi connectivity index (χ1) is 9.72. The smallest absolute Gasteiger partial charge is 0.137 e. The van der Waals surface area contributed by atoms with Crippen molar-refractivity contribution in [2.45, 2.75) is 42.1 Å². The van der Waals surface area contributed by atoms with Gasteiger partial charge in [0.05, 0.1) is 4.90 Å². The van der Waals surface area contributed by atoms with Crippen molar-refractivity contribution in [1.82, 2.24) is 5.32 Å². The maximum absolute atomic E-state index is 14.1. The molecule has 1 saturated carbocycles. The maximum Gasteiger partial charge on any atom is 0.137 e. The summed E-state index contributed by atoms with van der Waals surface area (Å²) < 4.78 is 14.1. The molecule has 0 atom stereocenters. The zero-order valence-electron chi connectivity index (χ0n) is 11.5. The highest BCUT2D eigenvalue weighted by molar-refractivity contribution is 7.99. The summed E-state index contributed by atoms with van der Waals surface area (Å²) in [5, 5.41) is 3.46. The molecule has 0 radical (unpaired) electrons. The average molecular weight is 287 g/mol. The van der Waals surface area contributed by atoms with Crippen LogP contribution in [0.2, 0.25) is 0 Å². The van der Waals surface area contributed by atoms with Crippen molar-refractivity contribution in [2.24, 2.45) is 0 Å². The molecule has 1 nitrogen and oxygen atoms in total. The molecule has 0 heterocycles. The van der Waals surface area contributed by atoms with Crippen molar-refractivity contribution >= 4 is 11.8 Å². The summed E-state index contributed by atoms with van der Waals surface area (Å²) in [4.78, 5) is 1.82. The number of hydrogen-bond donors (Lipinski definition) is 1. The molecule has 1 fully saturated rings. The molecule has 0 aliphatic heterocycles. The standard InChI is InChI=1S/C17H18FNS/c1-12-5-9-15(10-6-12)20-17-13(3-2-4-16(17)18)11-19-14-7-8-14/h2-6,9-10,14,19H,7-8,11H2,1H3. The number of rotatable bonds is 5. The third-order valence-corrected chi connectivity index (χ3v) is 4.62. The molecule has 0 saturated heterocycles. The van der Waals surface area contributed by atoms with Gasteiger partial charge in [0.1, 0.15) is 5.82 Å². The summed E-state index contributed by atoms with van der Waals surface area (Å²) in [5.41, 5.74) is 2.26. The van der Waals surface area contributed by atoms with Gasteiger partial charge < -0.3 is 5.32 Å². The van der Waals surface area contributed by atoms with E-state index in [-0.39, 0.29) is 5.82 Å². The van der Waals surface area contributed by atoms with Gasteiger partial charge in [0.25, 0.3) is 0 Å². The van der Waals surface area contributed by atoms with Gasteiger partial charge in [0.15, 0.2) is 0 Å². The number of hydrogen-bond acceptors (Lipinski definition) is 2. The fourth-order valence-corrected chi connectivity index (χ4v) is 3.02. The van der Waals surface area contributed by atoms with Crippen molar-refractivity contribution in [3.63, 3.8) is 0 Å². The van der Waals surface area contributed by atoms with Crippen LogP contribution in [-0.4, -0.2) is 6.04 Å². The monoisotopic (exact) mass is 287 g/mol. The summed E-state index contributed by atoms with van der Waals surface area (Å²) in [5.74, 6) is -0.134. The van der Waals surface area contributed by atoms with Gasteiger partial charge in [-0.2, -0.15) is 0 Å². The van der Waals surface area contributed by atoms with E-state index in [4.69, 9.17) is 0 Å². The molecular formula is C17H18FNS. The van der Waals surface area contributed by atoms with Crippen molar-refractivity contribution in [1.29, 1.82) is 0 Å². The Morgan fingerprint density at radius 3 is 2.60 bits per heavy atom. The first-order valence-electron chi connectivity index (χ1n) is 6.97. The number of aryl methyl sites for hydroxylation is 1. The van der Waals surface area contributed by atoms with Crippen molar-refractivity contribution in [2.75, 3.05) is 0 Å². The lowest BCUT2D eigenvalue weighted by Gasteiger charge is -2.11. The van der Waals surface area contributed by atoms with E-state index >= 15 is 0 Å². The highest BCUT2D eigenvalue weighted by Crippen LogP contribution is 2.33. The minimum absolute atomic E-state index is 0.134. The highest BCUT2D eigenvalue weighted by Gasteiger charge is 2.21. The second-order valence-corrected chi connectivity index (χ2v) is 6.38. The van der Waals surface area contributed by atoms with E-state index in [1.54, 1.807) is 6.07 Å². The van der Waals surface area contributed by atoms with Gasteiger partial charge in [-0.15, -0.1) is 0 Å². The predicted molar refractivity (Wildman–Crippen MR) is 81.6 cm³/mol. The molecule has 1 N–H and O–H groups in total. The number of nitrogens with one attached hydrogen (secondary N) is 1. The Morgan fingerprint density at radius 2 is 1.90 bits per heavy atom. The molecule has 0 unspecified atom stereocenters. The van der Waals surface area contributed by atoms with Gasteiger partial charge in [-0.05, 0) is 43.5 Å². The predicted octanol–water partition coefficient (Wildman–Crippen LogP) is 4.54. The first-order valence-corrected chi connectivity index (χ1v) is 7.79. The third-order valence-electron chi connectivity index (χ3n) is 3.45. The van der Waals surface area contributed by atoms with Crippen LogP contribution in [0.3, 0.4) is 0 Å². The van der Waals surface area contributed by atoms with Crippen molar-refractivity contribution in [3.05, 3.63) is 59.4 Å². The van der Waals surface area contributed by atoms with E-state index < -0.39 is 0 Å². The highest BCUT2D eigenvalue weighted by atomic mass is 32.2. The molecule has 1 aliphatic carbocycles. The first kappa shape index (κ1) is 13.7. The molecule has 3 heteroatoms. The Kier molecular flexibility index (Phi) is 4.08. The molecule has 104 valence electrons. The topological polar surface area (TPSA) is 12.0 Å². The van der Waals surface area contributed by atoms with Gasteiger partial charge in [0, 0.05) is 17.5 Å². The molecule has 2 aromatic rings. The fourth-order valence-electron chi connectivity index (χ4n) is 2.07. The van der Waals surface area contributed by atoms with Crippen LogP contribution >= 0.6 is 11.8 Å². The maximum atomic E-state index is 14.1. The Bertz CT molecular complexity index is 590. The molecule has 0 amide bonds. The van der Waals surface area contributed by atoms with Crippen LogP contribution < -0.4 is 5.32 Å². The quantitative estimate of drug-likeness (QED) is 0.866. The molecular weight excluding hydrogens is 269 g/mol. The minimum atomic E-state index is -0.134. The summed E-state index contributed by atoms with van der Waals surface area (Å²) in [6.45, 7) is 2.80. The molecule has 0 aromatic heterocycles. The molecule has 2 aromatic carbocycles. The molecule has 0 spiro atoms. The van der Waals surface area contributed by atoms with E-state index in [1.165, 1.54) is 36.2 Å². The van der Waals surface area contributed by atoms with Crippen LogP contribution in [0.5, 0.6) is 0 Å². The summed E-state index contributed by atoms with van der Waals surface area (Å²) >= 11 is 1.51. The van der Waals surface area contributed by atoms with Crippen LogP contribution in [0.15, 0.2) is 52.3 Å². The van der Waals surface area contributed by atoms with E-state index in [1.807, 2.05) is 18.2 Å². The Hall–Kier alpha value is -1.32. The van der Waals surface area contributed by atoms with Crippen molar-refractivity contribution < 1.29 is 4.39 Å². The van der Waals surface area contributed by atoms with Crippen LogP contribution in [0.25, 0.3) is 0 Å². The zero-order chi connectivity index (χ0) is 13.9. The number of benzene rings is 2. The van der Waals surface area contributed by atoms with E-state index in [9.17, 15) is 4.39 Å². The Morgan fingerprint density at radius 1 is 1.15 bits per heavy atom. The fraction of sp³-hybridized carbons (Fsp3) is 0.294. The largest absolute Gasteiger partial charge is 0.310 e. The lowest BCUT2D eigenvalue weighted by atomic mass is 10.2. The summed E-state index contributed by atoms with van der Waals surface area (Å²) in [6.07, 6.45) is 2.49. The molecule has 3 rings (SSSR count). The molecule has 1 aliphatic rings. The van der Waals surface area contributed by atoms with Crippen LogP contribution in [-0.2, 0) is 6.54 Å². The third kappa shape index (κ3) is 3.41. The lowest BCUT2D eigenvalue weighted by molar-refractivity contribution is 0.589. The van der Waals surface area contributed by atoms with Crippen LogP contribution in [0.4, 0.5) is 4.39 Å². The lowest BCUT2D eigenvalue weighted by Crippen LogP contribution is -2.16. The van der Waals surface area contributed by atoms with Gasteiger partial charge in [0.2, 0.25) is 0 Å². The van der Waals surface area contributed by atoms with Crippen LogP contribution in [0.1, 0.15) is 24.0 Å². The molecule has 20 heavy (non-hydrogen) atoms. The van der Waals surface area contributed by atoms with E-state index in [2.05, 4.69) is 24.4 Å². The van der Waals surface area contributed by atoms with Gasteiger partial charge in [-0.25, -0.2) is 4.39 Å². The second-order valence-electron chi connectivity index (χ2n) is 5.30. The average Bonchev–Trinajstić information content (AvgIpc) is 3.26. The van der Waals surface area contributed by atoms with Gasteiger partial charge in [-0.3, -0.25) is 0 Å². The Balaban J connectivity index is 1.80. The van der Waals surface area contributed by atoms with E-state index in [0.29, 0.717) is 6.04 Å². The van der Waals surface area contributed by atoms with E-state index in [0.717, 1.165) is 21.9 Å². The second kappa shape index (κ2) is 5.98. The van der Waals surface area contributed by atoms with Gasteiger partial charge >= 0.3 is 0 Å². The minimum Gasteiger partial charge on any atom is -0.310 e. The SMILES string of the molecule is Cc1ccc(Sc2c(F)cccc2CNC2CC2)cc1. The normalized spacial score (nSPS) is 14.5. The summed E-state index contributed by atoms with van der Waals surface area (Å²) in [6, 6.07) is 14.2. The van der Waals surface area contributed by atoms with Gasteiger partial charge in [-0.1, -0.05) is 41.6 Å². The van der Waals surface area contributed by atoms with Crippen LogP contribution in [0, 0.1) is 12.7 Å². The zero-order valence-corrected chi connectivity index (χ0v) is 12.3. The number of halogens is 1. The molecule has 0 bridgehead atoms. The van der Waals surface area contributed by atoms with Crippen molar-refractivity contribution in [3.8, 4) is 0 Å². The summed E-state index contributed by atoms with van der Waals surface area (Å²) in [7, 11) is 0.